The molecule has 0 radical (unpaired) electrons. The summed E-state index contributed by atoms with van der Waals surface area (Å²) in [6.45, 7) is 0. The van der Waals surface area contributed by atoms with Crippen molar-refractivity contribution < 1.29 is 18.2 Å². The predicted octanol–water partition coefficient (Wildman–Crippen LogP) is 0.460. The summed E-state index contributed by atoms with van der Waals surface area (Å²) in [6, 6.07) is 0. The summed E-state index contributed by atoms with van der Waals surface area (Å²) in [7, 11) is 9.27. The molecule has 0 rings (SSSR count). The van der Waals surface area contributed by atoms with Crippen LogP contribution in [-0.4, -0.2) is 15.4 Å². The van der Waals surface area contributed by atoms with E-state index in [0.29, 0.717) is 0 Å². The van der Waals surface area contributed by atoms with Crippen molar-refractivity contribution in [1.29, 1.82) is 0 Å². The molecule has 4 heavy (non-hydrogen) atoms. The van der Waals surface area contributed by atoms with Crippen molar-refractivity contribution in [2.45, 2.75) is 0 Å². The van der Waals surface area contributed by atoms with E-state index >= 15 is 0 Å². The van der Waals surface area contributed by atoms with Gasteiger partial charge in [-0.05, 0) is 0 Å². The summed E-state index contributed by atoms with van der Waals surface area (Å²) in [5, 5.41) is 0. The van der Waals surface area contributed by atoms with E-state index in [1.165, 1.54) is 0 Å². The summed E-state index contributed by atoms with van der Waals surface area (Å²) in [5.41, 5.74) is 0. The molecule has 0 heterocycles. The molecule has 0 aliphatic rings. The summed E-state index contributed by atoms with van der Waals surface area (Å²) < 4.78 is 0. The molecule has 4 heteroatoms. The van der Waals surface area contributed by atoms with Gasteiger partial charge in [0.1, 0.15) is 0 Å². The molecule has 0 saturated carbocycles. The van der Waals surface area contributed by atoms with Crippen molar-refractivity contribution in [2.24, 2.45) is 0 Å². The average Bonchev–Trinajstić information content (AvgIpc) is 1.50. The molecule has 0 N–H and O–H groups in total. The molecule has 0 nitrogen and oxygen atoms in total. The molecular weight excluding hydrogens is 204 g/mol. The molecule has 0 aromatic rings. The van der Waals surface area contributed by atoms with Crippen LogP contribution in [0.3, 0.4) is 0 Å². The Hall–Kier alpha value is 1.77. The third kappa shape index (κ3) is 9.23. The van der Waals surface area contributed by atoms with E-state index in [1.807, 2.05) is 0 Å². The van der Waals surface area contributed by atoms with Gasteiger partial charge in [0.05, 0.1) is 0 Å². The first-order valence-corrected chi connectivity index (χ1v) is 5.52. The van der Waals surface area contributed by atoms with Crippen molar-refractivity contribution in [2.75, 3.05) is 0 Å². The fraction of sp³-hybridized carbons (Fsp3) is 0. The van der Waals surface area contributed by atoms with Crippen LogP contribution in [0.5, 0.6) is 0 Å². The van der Waals surface area contributed by atoms with Gasteiger partial charge in [0.2, 0.25) is 0 Å². The topological polar surface area (TPSA) is 0 Å². The Morgan fingerprint density at radius 3 is 1.25 bits per heavy atom. The second kappa shape index (κ2) is 21.6. The Bertz CT molecular complexity index is 6.00. The van der Waals surface area contributed by atoms with Crippen LogP contribution in [0.4, 0.5) is 0 Å². The molecule has 0 saturated heterocycles. The van der Waals surface area contributed by atoms with Gasteiger partial charge in [-0.3, -0.25) is 10.0 Å². The van der Waals surface area contributed by atoms with Crippen molar-refractivity contribution in [3.63, 3.8) is 0 Å². The van der Waals surface area contributed by atoms with Gasteiger partial charge in [0, 0.05) is 0 Å². The molecule has 0 atom stereocenters. The molecule has 0 aromatic heterocycles. The molecule has 0 aromatic carbocycles. The maximum atomic E-state index is 4.78. The Labute approximate surface area is 52.9 Å². The van der Waals surface area contributed by atoms with E-state index in [9.17, 15) is 0 Å². The Morgan fingerprint density at radius 2 is 1.25 bits per heavy atom. The van der Waals surface area contributed by atoms with Gasteiger partial charge in [0.15, 0.2) is 0 Å². The van der Waals surface area contributed by atoms with Crippen LogP contribution < -0.4 is 0 Å². The predicted molar refractivity (Wildman–Crippen MR) is 20.2 cm³/mol. The van der Waals surface area contributed by atoms with Crippen LogP contribution in [0.1, 0.15) is 0 Å². The van der Waals surface area contributed by atoms with Crippen molar-refractivity contribution in [3.8, 4) is 0 Å². The number of rotatable bonds is 0. The van der Waals surface area contributed by atoms with Gasteiger partial charge >= 0.3 is 43.1 Å². The molecular formula is H2AlCl2Pd. The number of halogens is 2. The van der Waals surface area contributed by atoms with Gasteiger partial charge in [0.25, 0.3) is 0 Å². The third-order valence-electron chi connectivity index (χ3n) is 0. The van der Waals surface area contributed by atoms with Gasteiger partial charge in [-0.15, -0.1) is 0 Å². The quantitative estimate of drug-likeness (QED) is 0.505. The van der Waals surface area contributed by atoms with E-state index in [4.69, 9.17) is 10.0 Å². The van der Waals surface area contributed by atoms with Crippen molar-refractivity contribution >= 4 is 34.9 Å². The number of hydrogen-bond acceptors (Lipinski definition) is 0. The second-order valence-corrected chi connectivity index (χ2v) is 0. The minimum atomic E-state index is 0.778. The SMILES string of the molecule is [AlH2][Cl].[Cl][Pd]. The maximum absolute atomic E-state index is 4.78. The van der Waals surface area contributed by atoms with Crippen LogP contribution in [0.15, 0.2) is 0 Å². The van der Waals surface area contributed by atoms with Crippen molar-refractivity contribution in [3.05, 3.63) is 0 Å². The van der Waals surface area contributed by atoms with E-state index < -0.39 is 0 Å². The molecule has 29 valence electrons. The molecule has 0 unspecified atom stereocenters. The summed E-state index contributed by atoms with van der Waals surface area (Å²) in [6.07, 6.45) is 0. The van der Waals surface area contributed by atoms with Gasteiger partial charge in [-0.1, -0.05) is 0 Å². The zero-order chi connectivity index (χ0) is 4.00. The van der Waals surface area contributed by atoms with Crippen LogP contribution in [0.25, 0.3) is 0 Å². The number of hydrogen-bond donors (Lipinski definition) is 0. The van der Waals surface area contributed by atoms with Crippen LogP contribution in [-0.2, 0) is 18.2 Å². The zero-order valence-corrected chi connectivity index (χ0v) is 7.14. The monoisotopic (exact) mass is 205 g/mol. The first kappa shape index (κ1) is 9.24. The fourth-order valence-electron chi connectivity index (χ4n) is 0. The van der Waals surface area contributed by atoms with E-state index in [1.54, 1.807) is 0 Å². The normalized spacial score (nSPS) is 3.00. The van der Waals surface area contributed by atoms with E-state index in [2.05, 4.69) is 27.7 Å². The zero-order valence-electron chi connectivity index (χ0n) is 2.07. The van der Waals surface area contributed by atoms with Crippen LogP contribution >= 0.6 is 19.6 Å². The first-order valence-electron chi connectivity index (χ1n) is 0.497. The van der Waals surface area contributed by atoms with Crippen molar-refractivity contribution in [1.82, 2.24) is 0 Å². The third-order valence-corrected chi connectivity index (χ3v) is 0. The van der Waals surface area contributed by atoms with Gasteiger partial charge < -0.3 is 0 Å². The molecule has 0 aliphatic carbocycles. The Morgan fingerprint density at radius 1 is 1.25 bits per heavy atom. The molecule has 0 bridgehead atoms. The summed E-state index contributed by atoms with van der Waals surface area (Å²) in [4.78, 5) is 0. The Balaban J connectivity index is 0. The van der Waals surface area contributed by atoms with Gasteiger partial charge in [-0.25, -0.2) is 0 Å². The second-order valence-electron chi connectivity index (χ2n) is 0. The average molecular weight is 206 g/mol. The summed E-state index contributed by atoms with van der Waals surface area (Å²) in [5.74, 6) is 0. The molecule has 0 fully saturated rings. The molecule has 0 spiro atoms. The van der Waals surface area contributed by atoms with E-state index in [0.717, 1.165) is 15.4 Å². The van der Waals surface area contributed by atoms with Crippen LogP contribution in [0, 0.1) is 0 Å². The fourth-order valence-corrected chi connectivity index (χ4v) is 0. The minimum absolute atomic E-state index is 0.778. The first-order chi connectivity index (χ1) is 2.00. The van der Waals surface area contributed by atoms with Crippen LogP contribution in [0.2, 0.25) is 0 Å². The molecule has 0 aliphatic heterocycles. The Kier molecular flexibility index (Phi) is 49.9. The van der Waals surface area contributed by atoms with Gasteiger partial charge in [-0.2, -0.15) is 0 Å². The standard InChI is InChI=1S/Al.2ClH.Pd.2H/h;2*1H;;;/q+1;;;+1;;/p-2. The van der Waals surface area contributed by atoms with E-state index in [-0.39, 0.29) is 0 Å². The molecule has 0 amide bonds. The summed E-state index contributed by atoms with van der Waals surface area (Å²) >= 11 is 3.00.